The van der Waals surface area contributed by atoms with E-state index >= 15 is 0 Å². The van der Waals surface area contributed by atoms with Gasteiger partial charge in [-0.25, -0.2) is 4.79 Å². The normalized spacial score (nSPS) is 17.2. The summed E-state index contributed by atoms with van der Waals surface area (Å²) in [5.41, 5.74) is 17.6. The Hall–Kier alpha value is -7.96. The topological polar surface area (TPSA) is 59.1 Å². The van der Waals surface area contributed by atoms with Crippen molar-refractivity contribution >= 4 is 11.9 Å². The summed E-state index contributed by atoms with van der Waals surface area (Å²) in [6.45, 7) is 43.4. The number of urea groups is 1. The molecule has 0 unspecified atom stereocenters. The molecule has 508 valence electrons. The van der Waals surface area contributed by atoms with E-state index in [9.17, 15) is 9.59 Å². The van der Waals surface area contributed by atoms with Crippen LogP contribution in [-0.2, 0) is 48.1 Å². The predicted octanol–water partition coefficient (Wildman–Crippen LogP) is 21.7. The van der Waals surface area contributed by atoms with Gasteiger partial charge in [0.25, 0.3) is 0 Å². The molecule has 0 radical (unpaired) electrons. The van der Waals surface area contributed by atoms with Crippen LogP contribution in [0.2, 0.25) is 0 Å². The van der Waals surface area contributed by atoms with Crippen LogP contribution in [0.3, 0.4) is 0 Å². The van der Waals surface area contributed by atoms with Crippen molar-refractivity contribution in [3.05, 3.63) is 284 Å². The zero-order valence-electron chi connectivity index (χ0n) is 61.9. The van der Waals surface area contributed by atoms with Crippen LogP contribution in [0, 0.1) is 17.8 Å². The molecular weight excluding hydrogens is 1190 g/mol. The molecule has 11 rings (SSSR count). The van der Waals surface area contributed by atoms with Crippen LogP contribution in [0.5, 0.6) is 11.5 Å². The van der Waals surface area contributed by atoms with Crippen molar-refractivity contribution in [2.24, 2.45) is 17.8 Å². The largest absolute Gasteiger partial charge is 0.494 e. The first-order valence-corrected chi connectivity index (χ1v) is 36.1. The van der Waals surface area contributed by atoms with Crippen molar-refractivity contribution in [3.63, 3.8) is 0 Å². The minimum atomic E-state index is -0.624. The fourth-order valence-electron chi connectivity index (χ4n) is 15.6. The van der Waals surface area contributed by atoms with Crippen LogP contribution in [0.15, 0.2) is 206 Å². The van der Waals surface area contributed by atoms with Crippen molar-refractivity contribution in [2.75, 3.05) is 32.8 Å². The quantitative estimate of drug-likeness (QED) is 0.0460. The summed E-state index contributed by atoms with van der Waals surface area (Å²) >= 11 is 0. The van der Waals surface area contributed by atoms with E-state index in [2.05, 4.69) is 325 Å². The molecule has 0 N–H and O–H groups in total. The summed E-state index contributed by atoms with van der Waals surface area (Å²) in [6.07, 6.45) is 6.58. The van der Waals surface area contributed by atoms with Gasteiger partial charge in [0.1, 0.15) is 11.5 Å². The number of nitrogens with zero attached hydrogens (tertiary/aromatic N) is 2. The highest BCUT2D eigenvalue weighted by Crippen LogP contribution is 2.52. The average Bonchev–Trinajstić information content (AvgIpc) is 1.60. The van der Waals surface area contributed by atoms with Gasteiger partial charge >= 0.3 is 6.03 Å². The molecule has 1 saturated heterocycles. The number of fused-ring (bicyclic) bond motifs is 2. The lowest BCUT2D eigenvalue weighted by molar-refractivity contribution is -0.132. The van der Waals surface area contributed by atoms with Crippen molar-refractivity contribution < 1.29 is 19.1 Å². The van der Waals surface area contributed by atoms with Crippen LogP contribution in [0.25, 0.3) is 0 Å². The molecule has 1 aliphatic heterocycles. The third-order valence-corrected chi connectivity index (χ3v) is 21.6. The second-order valence-electron chi connectivity index (χ2n) is 34.6. The van der Waals surface area contributed by atoms with E-state index in [-0.39, 0.29) is 56.3 Å². The first kappa shape index (κ1) is 70.4. The zero-order chi connectivity index (χ0) is 69.7. The van der Waals surface area contributed by atoms with Crippen LogP contribution in [-0.4, -0.2) is 54.6 Å². The summed E-state index contributed by atoms with van der Waals surface area (Å²) in [7, 11) is 0. The predicted molar refractivity (Wildman–Crippen MR) is 403 cm³/mol. The van der Waals surface area contributed by atoms with E-state index in [4.69, 9.17) is 9.47 Å². The Morgan fingerprint density at radius 2 is 0.629 bits per heavy atom. The van der Waals surface area contributed by atoms with Crippen molar-refractivity contribution in [1.29, 1.82) is 0 Å². The molecule has 8 aromatic rings. The minimum absolute atomic E-state index is 0.00805. The Kier molecular flexibility index (Phi) is 19.6. The van der Waals surface area contributed by atoms with Gasteiger partial charge in [-0.05, 0) is 179 Å². The maximum Gasteiger partial charge on any atom is 0.326 e. The SMILES string of the molecule is CC(C)(C)c1ccc(C(c2ccc(OCCCC3=C[C@@H]4C[C@H](C(=O)N5CCN(CCCOc6ccc(C(c7ccc(C(C)(C)C)cc7)(c7ccc(C(C)(C)C)cc7)c7ccc(C(C)(C)C)cc7)cc6)C5=O)[C@H]3C4)cc2)(c2ccc(C(C)(C)C)cc2)c2ccc(C(C)(C)C)cc2)cc1. The number of allylic oxidation sites excluding steroid dienone is 2. The molecule has 1 heterocycles. The Morgan fingerprint density at radius 1 is 0.361 bits per heavy atom. The fraction of sp³-hybridized carbons (Fsp3) is 0.429. The fourth-order valence-corrected chi connectivity index (χ4v) is 15.6. The van der Waals surface area contributed by atoms with Gasteiger partial charge in [0.2, 0.25) is 5.91 Å². The lowest BCUT2D eigenvalue weighted by Gasteiger charge is -2.38. The van der Waals surface area contributed by atoms with Gasteiger partial charge in [0, 0.05) is 25.6 Å². The molecule has 3 atom stereocenters. The third-order valence-electron chi connectivity index (χ3n) is 21.6. The van der Waals surface area contributed by atoms with E-state index in [1.165, 1.54) is 77.9 Å². The summed E-state index contributed by atoms with van der Waals surface area (Å²) in [4.78, 5) is 31.9. The van der Waals surface area contributed by atoms with Gasteiger partial charge in [-0.15, -0.1) is 0 Å². The molecule has 2 aliphatic carbocycles. The van der Waals surface area contributed by atoms with Crippen LogP contribution in [0.4, 0.5) is 4.79 Å². The molecule has 3 amide bonds. The number of rotatable bonds is 19. The Morgan fingerprint density at radius 3 is 0.907 bits per heavy atom. The summed E-state index contributed by atoms with van der Waals surface area (Å²) in [5, 5.41) is 0. The van der Waals surface area contributed by atoms with Crippen molar-refractivity contribution in [2.45, 2.75) is 200 Å². The van der Waals surface area contributed by atoms with Gasteiger partial charge in [0.05, 0.1) is 24.0 Å². The highest BCUT2D eigenvalue weighted by molar-refractivity contribution is 5.97. The molecule has 2 fully saturated rings. The summed E-state index contributed by atoms with van der Waals surface area (Å²) in [5.74, 6) is 1.99. The molecule has 3 aliphatic rings. The number of carbonyl (C=O) groups is 2. The van der Waals surface area contributed by atoms with Gasteiger partial charge in [-0.1, -0.05) is 306 Å². The number of hydrogen-bond acceptors (Lipinski definition) is 4. The average molecular weight is 1300 g/mol. The molecule has 6 heteroatoms. The number of imide groups is 1. The van der Waals surface area contributed by atoms with Crippen molar-refractivity contribution in [1.82, 2.24) is 9.80 Å². The van der Waals surface area contributed by atoms with Crippen LogP contribution < -0.4 is 9.47 Å². The second kappa shape index (κ2) is 27.0. The lowest BCUT2D eigenvalue weighted by atomic mass is 9.64. The van der Waals surface area contributed by atoms with E-state index < -0.39 is 10.8 Å². The number of ether oxygens (including phenoxy) is 2. The molecule has 8 aromatic carbocycles. The molecule has 1 saturated carbocycles. The Balaban J connectivity index is 0.724. The monoisotopic (exact) mass is 1290 g/mol. The third kappa shape index (κ3) is 14.6. The van der Waals surface area contributed by atoms with Crippen LogP contribution >= 0.6 is 0 Å². The molecule has 0 aromatic heterocycles. The Labute approximate surface area is 583 Å². The molecule has 6 nitrogen and oxygen atoms in total. The van der Waals surface area contributed by atoms with Gasteiger partial charge < -0.3 is 14.4 Å². The number of amides is 3. The second-order valence-corrected chi connectivity index (χ2v) is 34.6. The summed E-state index contributed by atoms with van der Waals surface area (Å²) in [6, 6.07) is 73.1. The Bertz CT molecular complexity index is 3760. The zero-order valence-corrected chi connectivity index (χ0v) is 61.9. The van der Waals surface area contributed by atoms with Gasteiger partial charge in [0.15, 0.2) is 0 Å². The standard InChI is InChI=1S/C91H110N2O4/c1-84(2,3)64-22-34-70(35-23-64)90(71-36-24-65(25-37-71)85(4,5)6,72-38-26-66(27-39-72)86(7,8)9)76-46-50-78(51-47-76)96-57-19-21-63-59-62-60-80(63)81(61-62)82(94)93-56-55-92(83(93)95)54-20-58-97-79-52-48-77(49-53-79)91(73-40-28-67(29-41-73)87(10,11)12,74-42-30-68(31-43-74)88(13,14)15)75-44-32-69(33-45-75)89(16,17)18/h22-53,59,62,80-81H,19-21,54-58,60-61H2,1-18H3/t62-,80-,81-/m0/s1. The maximum atomic E-state index is 14.4. The minimum Gasteiger partial charge on any atom is -0.494 e. The molecule has 97 heavy (non-hydrogen) atoms. The van der Waals surface area contributed by atoms with Crippen LogP contribution in [0.1, 0.15) is 235 Å². The number of carbonyl (C=O) groups excluding carboxylic acids is 2. The lowest BCUT2D eigenvalue weighted by Crippen LogP contribution is -2.41. The molecule has 0 spiro atoms. The first-order chi connectivity index (χ1) is 45.7. The van der Waals surface area contributed by atoms with E-state index in [0.717, 1.165) is 42.7 Å². The smallest absolute Gasteiger partial charge is 0.326 e. The van der Waals surface area contributed by atoms with E-state index in [1.807, 2.05) is 4.90 Å². The maximum absolute atomic E-state index is 14.4. The van der Waals surface area contributed by atoms with Gasteiger partial charge in [-0.3, -0.25) is 9.69 Å². The van der Waals surface area contributed by atoms with E-state index in [0.29, 0.717) is 45.2 Å². The summed E-state index contributed by atoms with van der Waals surface area (Å²) < 4.78 is 13.0. The van der Waals surface area contributed by atoms with E-state index in [1.54, 1.807) is 4.90 Å². The highest BCUT2D eigenvalue weighted by atomic mass is 16.5. The molecular formula is C91H110N2O4. The molecule has 2 bridgehead atoms. The van der Waals surface area contributed by atoms with Crippen molar-refractivity contribution in [3.8, 4) is 11.5 Å². The number of benzene rings is 8. The van der Waals surface area contributed by atoms with Gasteiger partial charge in [-0.2, -0.15) is 0 Å². The number of hydrogen-bond donors (Lipinski definition) is 0. The highest BCUT2D eigenvalue weighted by Gasteiger charge is 2.48. The first-order valence-electron chi connectivity index (χ1n) is 36.1.